The van der Waals surface area contributed by atoms with E-state index in [0.29, 0.717) is 31.0 Å². The molecule has 2 rings (SSSR count). The van der Waals surface area contributed by atoms with Gasteiger partial charge in [-0.05, 0) is 55.3 Å². The Bertz CT molecular complexity index is 815. The third kappa shape index (κ3) is 8.56. The molecule has 0 saturated heterocycles. The van der Waals surface area contributed by atoms with E-state index in [1.165, 1.54) is 12.1 Å². The molecule has 8 heteroatoms. The maximum atomic E-state index is 12.9. The van der Waals surface area contributed by atoms with Crippen LogP contribution >= 0.6 is 24.0 Å². The van der Waals surface area contributed by atoms with E-state index >= 15 is 0 Å². The molecule has 2 aromatic carbocycles. The minimum Gasteiger partial charge on any atom is -0.492 e. The van der Waals surface area contributed by atoms with Crippen molar-refractivity contribution >= 4 is 35.8 Å². The van der Waals surface area contributed by atoms with Gasteiger partial charge >= 0.3 is 0 Å². The summed E-state index contributed by atoms with van der Waals surface area (Å²) < 4.78 is 18.6. The van der Waals surface area contributed by atoms with Crippen LogP contribution in [0.3, 0.4) is 0 Å². The summed E-state index contributed by atoms with van der Waals surface area (Å²) in [5.74, 6) is 1.05. The zero-order valence-electron chi connectivity index (χ0n) is 17.7. The first-order valence-electron chi connectivity index (χ1n) is 9.72. The lowest BCUT2D eigenvalue weighted by atomic mass is 10.1. The second-order valence-corrected chi connectivity index (χ2v) is 6.49. The zero-order valence-corrected chi connectivity index (χ0v) is 20.0. The molecule has 0 aliphatic heterocycles. The molecule has 164 valence electrons. The Kier molecular flexibility index (Phi) is 11.8. The molecule has 0 fully saturated rings. The summed E-state index contributed by atoms with van der Waals surface area (Å²) in [6, 6.07) is 13.5. The van der Waals surface area contributed by atoms with E-state index in [1.54, 1.807) is 25.2 Å². The Labute approximate surface area is 194 Å². The molecule has 0 unspecified atom stereocenters. The van der Waals surface area contributed by atoms with Gasteiger partial charge in [-0.1, -0.05) is 12.1 Å². The lowest BCUT2D eigenvalue weighted by molar-refractivity contribution is 0.0963. The lowest BCUT2D eigenvalue weighted by Gasteiger charge is -2.22. The van der Waals surface area contributed by atoms with Gasteiger partial charge in [0.15, 0.2) is 5.96 Å². The summed E-state index contributed by atoms with van der Waals surface area (Å²) in [5, 5.41) is 5.91. The standard InChI is InChI=1S/C22H29FN4O2.HI/c1-4-25-22(27(3)14-15-29-20-10-8-19(23)9-11-20)26-13-12-17-6-5-7-18(16-17)21(28)24-2;/h5-11,16H,4,12-15H2,1-3H3,(H,24,28)(H,25,26);1H. The highest BCUT2D eigenvalue weighted by Crippen LogP contribution is 2.11. The summed E-state index contributed by atoms with van der Waals surface area (Å²) in [4.78, 5) is 18.4. The number of aliphatic imine (C=N–C) groups is 1. The summed E-state index contributed by atoms with van der Waals surface area (Å²) in [5.41, 5.74) is 1.71. The van der Waals surface area contributed by atoms with E-state index in [1.807, 2.05) is 37.1 Å². The molecule has 6 nitrogen and oxygen atoms in total. The number of guanidine groups is 1. The maximum Gasteiger partial charge on any atom is 0.251 e. The van der Waals surface area contributed by atoms with Crippen LogP contribution in [0.25, 0.3) is 0 Å². The Morgan fingerprint density at radius 1 is 1.20 bits per heavy atom. The number of hydrogen-bond donors (Lipinski definition) is 2. The molecular weight excluding hydrogens is 498 g/mol. The van der Waals surface area contributed by atoms with Crippen LogP contribution in [-0.4, -0.2) is 57.1 Å². The molecule has 0 spiro atoms. The van der Waals surface area contributed by atoms with Gasteiger partial charge in [-0.15, -0.1) is 24.0 Å². The van der Waals surface area contributed by atoms with Gasteiger partial charge in [-0.3, -0.25) is 9.79 Å². The van der Waals surface area contributed by atoms with Crippen molar-refractivity contribution in [2.45, 2.75) is 13.3 Å². The Morgan fingerprint density at radius 3 is 2.60 bits per heavy atom. The molecule has 30 heavy (non-hydrogen) atoms. The van der Waals surface area contributed by atoms with Gasteiger partial charge < -0.3 is 20.3 Å². The molecule has 2 aromatic rings. The number of nitrogens with zero attached hydrogens (tertiary/aromatic N) is 2. The van der Waals surface area contributed by atoms with Crippen LogP contribution in [0.15, 0.2) is 53.5 Å². The molecule has 0 aliphatic rings. The molecule has 0 radical (unpaired) electrons. The van der Waals surface area contributed by atoms with Crippen LogP contribution in [0, 0.1) is 5.82 Å². The quantitative estimate of drug-likeness (QED) is 0.298. The summed E-state index contributed by atoms with van der Waals surface area (Å²) in [6.45, 7) is 4.47. The van der Waals surface area contributed by atoms with Gasteiger partial charge in [0.2, 0.25) is 0 Å². The van der Waals surface area contributed by atoms with Gasteiger partial charge in [0.1, 0.15) is 18.2 Å². The largest absolute Gasteiger partial charge is 0.492 e. The predicted molar refractivity (Wildman–Crippen MR) is 129 cm³/mol. The number of hydrogen-bond acceptors (Lipinski definition) is 3. The Balaban J connectivity index is 0.00000450. The molecule has 2 N–H and O–H groups in total. The van der Waals surface area contributed by atoms with E-state index < -0.39 is 0 Å². The average molecular weight is 528 g/mol. The van der Waals surface area contributed by atoms with Gasteiger partial charge in [-0.2, -0.15) is 0 Å². The van der Waals surface area contributed by atoms with Crippen LogP contribution < -0.4 is 15.4 Å². The van der Waals surface area contributed by atoms with Crippen LogP contribution in [0.2, 0.25) is 0 Å². The number of ether oxygens (including phenoxy) is 1. The van der Waals surface area contributed by atoms with E-state index in [4.69, 9.17) is 4.74 Å². The van der Waals surface area contributed by atoms with Crippen LogP contribution in [0.5, 0.6) is 5.75 Å². The maximum absolute atomic E-state index is 12.9. The third-order valence-electron chi connectivity index (χ3n) is 4.28. The van der Waals surface area contributed by atoms with E-state index in [9.17, 15) is 9.18 Å². The van der Waals surface area contributed by atoms with Crippen molar-refractivity contribution in [1.29, 1.82) is 0 Å². The monoisotopic (exact) mass is 528 g/mol. The summed E-state index contributed by atoms with van der Waals surface area (Å²) in [7, 11) is 3.57. The zero-order chi connectivity index (χ0) is 21.1. The number of carbonyl (C=O) groups is 1. The van der Waals surface area contributed by atoms with Crippen LogP contribution in [0.4, 0.5) is 4.39 Å². The summed E-state index contributed by atoms with van der Waals surface area (Å²) >= 11 is 0. The Morgan fingerprint density at radius 2 is 1.93 bits per heavy atom. The van der Waals surface area contributed by atoms with Crippen molar-refractivity contribution in [2.75, 3.05) is 40.3 Å². The van der Waals surface area contributed by atoms with Crippen molar-refractivity contribution in [3.8, 4) is 5.75 Å². The number of nitrogens with one attached hydrogen (secondary N) is 2. The minimum absolute atomic E-state index is 0. The third-order valence-corrected chi connectivity index (χ3v) is 4.28. The average Bonchev–Trinajstić information content (AvgIpc) is 2.74. The fraction of sp³-hybridized carbons (Fsp3) is 0.364. The highest BCUT2D eigenvalue weighted by Gasteiger charge is 2.07. The van der Waals surface area contributed by atoms with Gasteiger partial charge in [0.25, 0.3) is 5.91 Å². The minimum atomic E-state index is -0.281. The van der Waals surface area contributed by atoms with Gasteiger partial charge in [0, 0.05) is 32.7 Å². The lowest BCUT2D eigenvalue weighted by Crippen LogP contribution is -2.41. The van der Waals surface area contributed by atoms with Crippen molar-refractivity contribution in [2.24, 2.45) is 4.99 Å². The highest BCUT2D eigenvalue weighted by molar-refractivity contribution is 14.0. The molecule has 0 atom stereocenters. The van der Waals surface area contributed by atoms with Crippen molar-refractivity contribution in [3.05, 3.63) is 65.5 Å². The predicted octanol–water partition coefficient (Wildman–Crippen LogP) is 3.32. The fourth-order valence-electron chi connectivity index (χ4n) is 2.71. The van der Waals surface area contributed by atoms with Crippen molar-refractivity contribution in [1.82, 2.24) is 15.5 Å². The number of carbonyl (C=O) groups excluding carboxylic acids is 1. The van der Waals surface area contributed by atoms with Crippen molar-refractivity contribution < 1.29 is 13.9 Å². The second-order valence-electron chi connectivity index (χ2n) is 6.49. The molecule has 0 aliphatic carbocycles. The smallest absolute Gasteiger partial charge is 0.251 e. The number of rotatable bonds is 9. The second kappa shape index (κ2) is 13.8. The first-order chi connectivity index (χ1) is 14.0. The molecule has 0 bridgehead atoms. The Hall–Kier alpha value is -2.36. The number of likely N-dealkylation sites (N-methyl/N-ethyl adjacent to an activating group) is 1. The molecule has 1 amide bonds. The van der Waals surface area contributed by atoms with Gasteiger partial charge in [-0.25, -0.2) is 4.39 Å². The van der Waals surface area contributed by atoms with Gasteiger partial charge in [0.05, 0.1) is 6.54 Å². The first-order valence-corrected chi connectivity index (χ1v) is 9.72. The van der Waals surface area contributed by atoms with E-state index in [0.717, 1.165) is 24.5 Å². The molecular formula is C22H30FIN4O2. The first kappa shape index (κ1) is 25.7. The van der Waals surface area contributed by atoms with Crippen molar-refractivity contribution in [3.63, 3.8) is 0 Å². The highest BCUT2D eigenvalue weighted by atomic mass is 127. The summed E-state index contributed by atoms with van der Waals surface area (Å²) in [6.07, 6.45) is 0.736. The molecule has 0 heterocycles. The number of amides is 1. The van der Waals surface area contributed by atoms with E-state index in [2.05, 4.69) is 15.6 Å². The molecule has 0 aromatic heterocycles. The van der Waals surface area contributed by atoms with Crippen LogP contribution in [0.1, 0.15) is 22.8 Å². The topological polar surface area (TPSA) is 66.0 Å². The fourth-order valence-corrected chi connectivity index (χ4v) is 2.71. The number of benzene rings is 2. The van der Waals surface area contributed by atoms with E-state index in [-0.39, 0.29) is 35.7 Å². The van der Waals surface area contributed by atoms with Crippen LogP contribution in [-0.2, 0) is 6.42 Å². The SMILES string of the molecule is CCNC(=NCCc1cccc(C(=O)NC)c1)N(C)CCOc1ccc(F)cc1.I. The number of halogens is 2. The normalized spacial score (nSPS) is 10.7. The molecule has 0 saturated carbocycles.